The summed E-state index contributed by atoms with van der Waals surface area (Å²) in [7, 11) is 1.33. The van der Waals surface area contributed by atoms with Crippen LogP contribution in [0.15, 0.2) is 48.6 Å². The molecular formula is C26H27FN4O2. The van der Waals surface area contributed by atoms with Crippen molar-refractivity contribution >= 4 is 28.1 Å². The van der Waals surface area contributed by atoms with E-state index in [4.69, 9.17) is 19.8 Å². The summed E-state index contributed by atoms with van der Waals surface area (Å²) in [5.41, 5.74) is -0.610. The first kappa shape index (κ1) is 13.1. The van der Waals surface area contributed by atoms with Crippen molar-refractivity contribution in [2.45, 2.75) is 20.2 Å². The van der Waals surface area contributed by atoms with Gasteiger partial charge >= 0.3 is 0 Å². The number of halogens is 1. The summed E-state index contributed by atoms with van der Waals surface area (Å²) in [6.45, 7) is -7.66. The first-order valence-corrected chi connectivity index (χ1v) is 9.67. The molecule has 0 spiro atoms. The number of likely N-dealkylation sites (N-methyl/N-ethyl adjacent to an activating group) is 1. The molecule has 0 atom stereocenters. The van der Waals surface area contributed by atoms with Gasteiger partial charge < -0.3 is 15.0 Å². The summed E-state index contributed by atoms with van der Waals surface area (Å²) in [5, 5.41) is 12.7. The summed E-state index contributed by atoms with van der Waals surface area (Å²) in [5.74, 6) is -1.98. The van der Waals surface area contributed by atoms with Gasteiger partial charge in [0.1, 0.15) is 17.6 Å². The summed E-state index contributed by atoms with van der Waals surface area (Å²) in [6, 6.07) is 2.50. The first-order valence-electron chi connectivity index (χ1n) is 15.2. The van der Waals surface area contributed by atoms with Crippen LogP contribution in [0.1, 0.15) is 38.6 Å². The molecule has 6 nitrogen and oxygen atoms in total. The number of carbonyl (C=O) groups excluding carboxylic acids is 1. The Labute approximate surface area is 208 Å². The Hall–Kier alpha value is -3.76. The molecule has 33 heavy (non-hydrogen) atoms. The normalized spacial score (nSPS) is 17.2. The molecular weight excluding hydrogens is 419 g/mol. The van der Waals surface area contributed by atoms with Gasteiger partial charge in [-0.05, 0) is 63.6 Å². The number of hydrogen-bond acceptors (Lipinski definition) is 6. The second-order valence-electron chi connectivity index (χ2n) is 7.08. The van der Waals surface area contributed by atoms with Crippen molar-refractivity contribution in [2.24, 2.45) is 0 Å². The van der Waals surface area contributed by atoms with E-state index in [0.29, 0.717) is 0 Å². The van der Waals surface area contributed by atoms with E-state index in [1.165, 1.54) is 26.1 Å². The van der Waals surface area contributed by atoms with Crippen LogP contribution >= 0.6 is 0 Å². The fourth-order valence-electron chi connectivity index (χ4n) is 3.03. The number of anilines is 2. The number of hydrogen-bond donors (Lipinski definition) is 1. The second kappa shape index (κ2) is 10.7. The zero-order valence-corrected chi connectivity index (χ0v) is 17.8. The van der Waals surface area contributed by atoms with Crippen molar-refractivity contribution in [1.29, 1.82) is 5.26 Å². The lowest BCUT2D eigenvalue weighted by Gasteiger charge is -2.15. The van der Waals surface area contributed by atoms with Gasteiger partial charge in [0.05, 0.1) is 30.2 Å². The van der Waals surface area contributed by atoms with Crippen LogP contribution in [0.3, 0.4) is 0 Å². The average molecular weight is 458 g/mol. The smallest absolute Gasteiger partial charge is 0.159 e. The molecule has 1 aromatic heterocycles. The van der Waals surface area contributed by atoms with Crippen molar-refractivity contribution in [2.75, 3.05) is 32.4 Å². The van der Waals surface area contributed by atoms with Gasteiger partial charge in [0.15, 0.2) is 5.78 Å². The molecule has 170 valence electrons. The molecule has 0 unspecified atom stereocenters. The third-order valence-corrected chi connectivity index (χ3v) is 4.57. The number of aromatic nitrogens is 1. The molecule has 7 heteroatoms. The van der Waals surface area contributed by atoms with Crippen molar-refractivity contribution in [3.8, 4) is 11.8 Å². The lowest BCUT2D eigenvalue weighted by molar-refractivity contribution is -0.114. The zero-order valence-electron chi connectivity index (χ0n) is 28.8. The van der Waals surface area contributed by atoms with Crippen LogP contribution in [0.4, 0.5) is 15.8 Å². The first-order chi connectivity index (χ1) is 20.2. The number of nitriles is 1. The monoisotopic (exact) mass is 457 g/mol. The summed E-state index contributed by atoms with van der Waals surface area (Å²) >= 11 is 0. The Morgan fingerprint density at radius 2 is 2.33 bits per heavy atom. The predicted octanol–water partition coefficient (Wildman–Crippen LogP) is 4.93. The Morgan fingerprint density at radius 1 is 1.48 bits per heavy atom. The molecule has 0 fully saturated rings. The largest absolute Gasteiger partial charge is 0.494 e. The van der Waals surface area contributed by atoms with E-state index < -0.39 is 56.5 Å². The topological polar surface area (TPSA) is 78.2 Å². The number of carbonyl (C=O) groups is 1. The van der Waals surface area contributed by atoms with E-state index in [-0.39, 0.29) is 51.3 Å². The molecule has 1 heterocycles. The Balaban J connectivity index is 2.20. The maximum atomic E-state index is 14.3. The molecule has 0 amide bonds. The molecule has 0 saturated carbocycles. The molecule has 2 aromatic carbocycles. The predicted molar refractivity (Wildman–Crippen MR) is 128 cm³/mol. The summed E-state index contributed by atoms with van der Waals surface area (Å²) in [6.07, 6.45) is 3.05. The molecule has 0 radical (unpaired) electrons. The van der Waals surface area contributed by atoms with Crippen molar-refractivity contribution in [3.63, 3.8) is 0 Å². The number of rotatable bonds is 9. The number of pyridine rings is 1. The number of benzene rings is 2. The highest BCUT2D eigenvalue weighted by atomic mass is 19.1. The summed E-state index contributed by atoms with van der Waals surface area (Å²) < 4.78 is 105. The van der Waals surface area contributed by atoms with E-state index in [2.05, 4.69) is 10.3 Å². The highest BCUT2D eigenvalue weighted by Crippen LogP contribution is 2.34. The lowest BCUT2D eigenvalue weighted by Crippen LogP contribution is -2.11. The highest BCUT2D eigenvalue weighted by molar-refractivity contribution is 5.98. The SMILES string of the molecule is [2H]c1c([2H])c(Nc2c(C#N)cnc3cc(OC([2H])([2H])C([2H])([2H])[2H])c(CC(=O)/C=C/CN(C)C([2H])([2H])[2H])cc23)c([2H])c(C)c1F. The van der Waals surface area contributed by atoms with E-state index >= 15 is 0 Å². The third kappa shape index (κ3) is 5.93. The maximum absolute atomic E-state index is 14.3. The van der Waals surface area contributed by atoms with Crippen LogP contribution < -0.4 is 10.1 Å². The maximum Gasteiger partial charge on any atom is 0.159 e. The Kier molecular flexibility index (Phi) is 4.24. The lowest BCUT2D eigenvalue weighted by atomic mass is 10.0. The van der Waals surface area contributed by atoms with Gasteiger partial charge in [0.25, 0.3) is 0 Å². The Bertz CT molecular complexity index is 1650. The molecule has 3 rings (SSSR count). The fourth-order valence-corrected chi connectivity index (χ4v) is 3.03. The van der Waals surface area contributed by atoms with Crippen LogP contribution in [0.5, 0.6) is 5.75 Å². The summed E-state index contributed by atoms with van der Waals surface area (Å²) in [4.78, 5) is 18.1. The molecule has 1 N–H and O–H groups in total. The van der Waals surface area contributed by atoms with Crippen LogP contribution in [-0.2, 0) is 11.2 Å². The molecule has 3 aromatic rings. The number of allylic oxidation sites excluding steroid dienone is 1. The minimum atomic E-state index is -3.22. The Morgan fingerprint density at radius 3 is 3.09 bits per heavy atom. The van der Waals surface area contributed by atoms with Crippen LogP contribution in [0.25, 0.3) is 10.9 Å². The van der Waals surface area contributed by atoms with Crippen LogP contribution in [0.2, 0.25) is 0 Å². The number of nitrogens with one attached hydrogen (secondary N) is 1. The highest BCUT2D eigenvalue weighted by Gasteiger charge is 2.16. The minimum Gasteiger partial charge on any atom is -0.494 e. The number of ether oxygens (including phenoxy) is 1. The van der Waals surface area contributed by atoms with E-state index in [1.807, 2.05) is 6.07 Å². The minimum absolute atomic E-state index is 0.0289. The number of nitrogens with zero attached hydrogens (tertiary/aromatic N) is 3. The fraction of sp³-hybridized carbons (Fsp3) is 0.269. The molecule has 0 aliphatic heterocycles. The van der Waals surface area contributed by atoms with Crippen molar-refractivity contribution in [1.82, 2.24) is 9.88 Å². The third-order valence-electron chi connectivity index (χ3n) is 4.57. The molecule has 0 aliphatic rings. The van der Waals surface area contributed by atoms with E-state index in [1.54, 1.807) is 0 Å². The number of fused-ring (bicyclic) bond motifs is 1. The van der Waals surface area contributed by atoms with Gasteiger partial charge in [-0.15, -0.1) is 0 Å². The van der Waals surface area contributed by atoms with Gasteiger partial charge in [-0.1, -0.05) is 6.08 Å². The van der Waals surface area contributed by atoms with Crippen LogP contribution in [-0.4, -0.2) is 42.8 Å². The molecule has 0 bridgehead atoms. The number of ketones is 1. The molecule has 0 saturated heterocycles. The van der Waals surface area contributed by atoms with E-state index in [9.17, 15) is 14.4 Å². The van der Waals surface area contributed by atoms with Gasteiger partial charge in [-0.3, -0.25) is 9.78 Å². The quantitative estimate of drug-likeness (QED) is 0.459. The van der Waals surface area contributed by atoms with Crippen LogP contribution in [0, 0.1) is 24.1 Å². The van der Waals surface area contributed by atoms with Gasteiger partial charge in [0, 0.05) is 50.1 Å². The van der Waals surface area contributed by atoms with Crippen molar-refractivity contribution in [3.05, 3.63) is 71.1 Å². The van der Waals surface area contributed by atoms with Gasteiger partial charge in [-0.25, -0.2) is 4.39 Å². The van der Waals surface area contributed by atoms with Gasteiger partial charge in [-0.2, -0.15) is 5.26 Å². The van der Waals surface area contributed by atoms with E-state index in [0.717, 1.165) is 23.2 Å². The molecule has 0 aliphatic carbocycles. The average Bonchev–Trinajstić information content (AvgIpc) is 2.92. The zero-order chi connectivity index (χ0) is 33.4. The standard InChI is InChI=1S/C26H27FN4O2/c1-5-33-25-14-24-22(13-18(25)12-21(32)7-6-10-31(3)4)26(19(15-28)16-29-24)30-20-8-9-23(27)17(2)11-20/h6-9,11,13-14,16H,5,10,12H2,1-4H3,(H,29,30)/b7-6+/i1D3,3D3,5D2,8D,9D,11D. The second-order valence-corrected chi connectivity index (χ2v) is 7.08. The van der Waals surface area contributed by atoms with Gasteiger partial charge in [0.2, 0.25) is 0 Å². The van der Waals surface area contributed by atoms with Crippen molar-refractivity contribution < 1.29 is 29.0 Å².